The van der Waals surface area contributed by atoms with Gasteiger partial charge in [0.1, 0.15) is 0 Å². The molecule has 1 N–H and O–H groups in total. The molecule has 2 aromatic carbocycles. The van der Waals surface area contributed by atoms with Gasteiger partial charge in [-0.3, -0.25) is 4.79 Å². The first-order valence-electron chi connectivity index (χ1n) is 8.35. The van der Waals surface area contributed by atoms with Crippen molar-refractivity contribution in [3.8, 4) is 11.5 Å². The van der Waals surface area contributed by atoms with Crippen LogP contribution in [0.5, 0.6) is 11.5 Å². The summed E-state index contributed by atoms with van der Waals surface area (Å²) in [5.41, 5.74) is 3.55. The lowest BCUT2D eigenvalue weighted by Crippen LogP contribution is -2.16. The van der Waals surface area contributed by atoms with Gasteiger partial charge in [-0.2, -0.15) is 0 Å². The minimum Gasteiger partial charge on any atom is -0.493 e. The van der Waals surface area contributed by atoms with E-state index in [1.54, 1.807) is 12.1 Å². The lowest BCUT2D eigenvalue weighted by atomic mass is 10.1. The molecule has 0 bridgehead atoms. The molecule has 136 valence electrons. The van der Waals surface area contributed by atoms with Crippen molar-refractivity contribution in [2.24, 2.45) is 0 Å². The second kappa shape index (κ2) is 7.47. The highest BCUT2D eigenvalue weighted by atomic mass is 16.5. The molecule has 2 aromatic rings. The van der Waals surface area contributed by atoms with Crippen LogP contribution in [0.15, 0.2) is 30.3 Å². The SMILES string of the molecule is COC(=O)c1cc(OC)c(OC)cc1NC(=O)c1ccc2c(c1)CCC2. The van der Waals surface area contributed by atoms with Crippen LogP contribution in [0.25, 0.3) is 0 Å². The first-order chi connectivity index (χ1) is 12.6. The molecule has 6 heteroatoms. The third kappa shape index (κ3) is 3.35. The van der Waals surface area contributed by atoms with E-state index in [2.05, 4.69) is 5.32 Å². The van der Waals surface area contributed by atoms with Gasteiger partial charge in [0.2, 0.25) is 0 Å². The molecule has 1 aliphatic carbocycles. The van der Waals surface area contributed by atoms with Crippen LogP contribution in [0.1, 0.15) is 38.3 Å². The quantitative estimate of drug-likeness (QED) is 0.834. The monoisotopic (exact) mass is 355 g/mol. The van der Waals surface area contributed by atoms with Crippen LogP contribution in [0.2, 0.25) is 0 Å². The van der Waals surface area contributed by atoms with E-state index in [0.717, 1.165) is 19.3 Å². The molecular formula is C20H21NO5. The van der Waals surface area contributed by atoms with Crippen LogP contribution in [0, 0.1) is 0 Å². The summed E-state index contributed by atoms with van der Waals surface area (Å²) in [6, 6.07) is 8.75. The Labute approximate surface area is 152 Å². The van der Waals surface area contributed by atoms with Crippen LogP contribution < -0.4 is 14.8 Å². The number of amides is 1. The molecule has 3 rings (SSSR count). The largest absolute Gasteiger partial charge is 0.493 e. The van der Waals surface area contributed by atoms with Crippen molar-refractivity contribution in [1.82, 2.24) is 0 Å². The van der Waals surface area contributed by atoms with Crippen LogP contribution in [0.4, 0.5) is 5.69 Å². The molecule has 0 aromatic heterocycles. The van der Waals surface area contributed by atoms with Gasteiger partial charge < -0.3 is 19.5 Å². The Morgan fingerprint density at radius 1 is 0.923 bits per heavy atom. The number of hydrogen-bond donors (Lipinski definition) is 1. The summed E-state index contributed by atoms with van der Waals surface area (Å²) in [5.74, 6) is -0.0832. The van der Waals surface area contributed by atoms with Gasteiger partial charge in [0.25, 0.3) is 5.91 Å². The molecule has 0 fully saturated rings. The smallest absolute Gasteiger partial charge is 0.340 e. The van der Waals surface area contributed by atoms with E-state index in [0.29, 0.717) is 22.7 Å². The highest BCUT2D eigenvalue weighted by Crippen LogP contribution is 2.34. The summed E-state index contributed by atoms with van der Waals surface area (Å²) >= 11 is 0. The molecule has 0 saturated carbocycles. The van der Waals surface area contributed by atoms with Gasteiger partial charge in [-0.05, 0) is 42.5 Å². The van der Waals surface area contributed by atoms with Gasteiger partial charge in [-0.25, -0.2) is 4.79 Å². The second-order valence-corrected chi connectivity index (χ2v) is 6.04. The molecule has 26 heavy (non-hydrogen) atoms. The number of ether oxygens (including phenoxy) is 3. The zero-order chi connectivity index (χ0) is 18.7. The van der Waals surface area contributed by atoms with Crippen molar-refractivity contribution in [2.75, 3.05) is 26.6 Å². The maximum Gasteiger partial charge on any atom is 0.340 e. The number of rotatable bonds is 5. The first kappa shape index (κ1) is 17.8. The predicted octanol–water partition coefficient (Wildman–Crippen LogP) is 3.23. The topological polar surface area (TPSA) is 73.9 Å². The minimum atomic E-state index is -0.574. The van der Waals surface area contributed by atoms with Crippen LogP contribution in [-0.2, 0) is 17.6 Å². The molecule has 0 heterocycles. The van der Waals surface area contributed by atoms with Crippen molar-refractivity contribution in [2.45, 2.75) is 19.3 Å². The molecule has 0 unspecified atom stereocenters. The van der Waals surface area contributed by atoms with Crippen molar-refractivity contribution >= 4 is 17.6 Å². The number of fused-ring (bicyclic) bond motifs is 1. The summed E-state index contributed by atoms with van der Waals surface area (Å²) in [6.45, 7) is 0. The summed E-state index contributed by atoms with van der Waals surface area (Å²) in [7, 11) is 4.24. The van der Waals surface area contributed by atoms with Gasteiger partial charge in [0.15, 0.2) is 11.5 Å². The van der Waals surface area contributed by atoms with E-state index in [1.165, 1.54) is 38.5 Å². The summed E-state index contributed by atoms with van der Waals surface area (Å²) in [6.07, 6.45) is 3.15. The van der Waals surface area contributed by atoms with Gasteiger partial charge in [0.05, 0.1) is 32.6 Å². The van der Waals surface area contributed by atoms with E-state index in [-0.39, 0.29) is 11.5 Å². The maximum atomic E-state index is 12.7. The number of carbonyl (C=O) groups excluding carboxylic acids is 2. The molecule has 1 aliphatic rings. The number of anilines is 1. The standard InChI is InChI=1S/C20H21NO5/c1-24-17-10-15(20(23)26-3)16(11-18(17)25-2)21-19(22)14-8-7-12-5-4-6-13(12)9-14/h7-11H,4-6H2,1-3H3,(H,21,22). The van der Waals surface area contributed by atoms with E-state index < -0.39 is 5.97 Å². The average Bonchev–Trinajstić information content (AvgIpc) is 3.14. The zero-order valence-electron chi connectivity index (χ0n) is 15.0. The summed E-state index contributed by atoms with van der Waals surface area (Å²) in [5, 5.41) is 2.78. The van der Waals surface area contributed by atoms with Crippen molar-refractivity contribution in [3.05, 3.63) is 52.6 Å². The number of nitrogens with one attached hydrogen (secondary N) is 1. The fraction of sp³-hybridized carbons (Fsp3) is 0.300. The lowest BCUT2D eigenvalue weighted by molar-refractivity contribution is 0.0601. The normalized spacial score (nSPS) is 12.3. The second-order valence-electron chi connectivity index (χ2n) is 6.04. The Balaban J connectivity index is 1.94. The average molecular weight is 355 g/mol. The molecule has 0 radical (unpaired) electrons. The van der Waals surface area contributed by atoms with Gasteiger partial charge in [-0.15, -0.1) is 0 Å². The number of carbonyl (C=O) groups is 2. The first-order valence-corrected chi connectivity index (χ1v) is 8.35. The van der Waals surface area contributed by atoms with Crippen LogP contribution in [-0.4, -0.2) is 33.2 Å². The third-order valence-corrected chi connectivity index (χ3v) is 4.54. The number of hydrogen-bond acceptors (Lipinski definition) is 5. The number of methoxy groups -OCH3 is 3. The van der Waals surface area contributed by atoms with Crippen LogP contribution in [0.3, 0.4) is 0 Å². The molecule has 6 nitrogen and oxygen atoms in total. The van der Waals surface area contributed by atoms with Crippen molar-refractivity contribution < 1.29 is 23.8 Å². The number of esters is 1. The zero-order valence-corrected chi connectivity index (χ0v) is 15.0. The molecule has 0 aliphatic heterocycles. The maximum absolute atomic E-state index is 12.7. The van der Waals surface area contributed by atoms with E-state index in [9.17, 15) is 9.59 Å². The van der Waals surface area contributed by atoms with Gasteiger partial charge >= 0.3 is 5.97 Å². The van der Waals surface area contributed by atoms with Gasteiger partial charge in [-0.1, -0.05) is 6.07 Å². The number of aryl methyl sites for hydroxylation is 2. The van der Waals surface area contributed by atoms with Crippen LogP contribution >= 0.6 is 0 Å². The van der Waals surface area contributed by atoms with E-state index >= 15 is 0 Å². The molecule has 1 amide bonds. The lowest BCUT2D eigenvalue weighted by Gasteiger charge is -2.15. The molecule has 0 spiro atoms. The van der Waals surface area contributed by atoms with E-state index in [4.69, 9.17) is 14.2 Å². The minimum absolute atomic E-state index is 0.194. The molecule has 0 saturated heterocycles. The molecule has 0 atom stereocenters. The Morgan fingerprint density at radius 3 is 2.31 bits per heavy atom. The van der Waals surface area contributed by atoms with Crippen molar-refractivity contribution in [1.29, 1.82) is 0 Å². The molecular weight excluding hydrogens is 334 g/mol. The Bertz CT molecular complexity index is 860. The Kier molecular flexibility index (Phi) is 5.11. The summed E-state index contributed by atoms with van der Waals surface area (Å²) < 4.78 is 15.3. The summed E-state index contributed by atoms with van der Waals surface area (Å²) in [4.78, 5) is 24.8. The Morgan fingerprint density at radius 2 is 1.62 bits per heavy atom. The fourth-order valence-corrected chi connectivity index (χ4v) is 3.17. The number of benzene rings is 2. The van der Waals surface area contributed by atoms with E-state index in [1.807, 2.05) is 12.1 Å². The third-order valence-electron chi connectivity index (χ3n) is 4.54. The van der Waals surface area contributed by atoms with Crippen molar-refractivity contribution in [3.63, 3.8) is 0 Å². The fourth-order valence-electron chi connectivity index (χ4n) is 3.17. The highest BCUT2D eigenvalue weighted by Gasteiger charge is 2.20. The highest BCUT2D eigenvalue weighted by molar-refractivity contribution is 6.08. The predicted molar refractivity (Wildman–Crippen MR) is 97.3 cm³/mol. The van der Waals surface area contributed by atoms with Gasteiger partial charge in [0, 0.05) is 17.7 Å². The Hall–Kier alpha value is -3.02.